The normalized spacial score (nSPS) is 11.2. The molecule has 1 heterocycles. The van der Waals surface area contributed by atoms with Crippen LogP contribution < -0.4 is 0 Å². The Balaban J connectivity index is 1.88. The summed E-state index contributed by atoms with van der Waals surface area (Å²) in [7, 11) is 0. The van der Waals surface area contributed by atoms with Crippen LogP contribution in [0.1, 0.15) is 46.0 Å². The van der Waals surface area contributed by atoms with Gasteiger partial charge in [0.1, 0.15) is 0 Å². The lowest BCUT2D eigenvalue weighted by molar-refractivity contribution is 0.506. The second-order valence-electron chi connectivity index (χ2n) is 5.91. The predicted molar refractivity (Wildman–Crippen MR) is 88.4 cm³/mol. The molecule has 2 rings (SSSR count). The van der Waals surface area contributed by atoms with Gasteiger partial charge in [-0.25, -0.2) is 0 Å². The summed E-state index contributed by atoms with van der Waals surface area (Å²) in [5.74, 6) is 1.67. The molecule has 0 aliphatic heterocycles. The first-order valence-corrected chi connectivity index (χ1v) is 8.20. The van der Waals surface area contributed by atoms with Gasteiger partial charge in [-0.3, -0.25) is 4.57 Å². The van der Waals surface area contributed by atoms with Crippen molar-refractivity contribution in [2.24, 2.45) is 5.92 Å². The minimum Gasteiger partial charge on any atom is -0.298 e. The number of aromatic nitrogens is 3. The molecule has 114 valence electrons. The van der Waals surface area contributed by atoms with Crippen LogP contribution in [0.3, 0.4) is 0 Å². The number of rotatable bonds is 8. The SMILES string of the molecule is CC(C)CCCCCCn1c(Cl)nnc1-c1ccccc1. The molecule has 0 saturated carbocycles. The molecule has 0 unspecified atom stereocenters. The maximum atomic E-state index is 6.17. The van der Waals surface area contributed by atoms with Gasteiger partial charge in [0.15, 0.2) is 5.82 Å². The summed E-state index contributed by atoms with van der Waals surface area (Å²) in [6.45, 7) is 5.45. The van der Waals surface area contributed by atoms with E-state index in [1.165, 1.54) is 25.7 Å². The van der Waals surface area contributed by atoms with Gasteiger partial charge in [-0.15, -0.1) is 10.2 Å². The fourth-order valence-corrected chi connectivity index (χ4v) is 2.66. The van der Waals surface area contributed by atoms with Crippen molar-refractivity contribution in [2.45, 2.75) is 52.5 Å². The van der Waals surface area contributed by atoms with Crippen molar-refractivity contribution < 1.29 is 0 Å². The summed E-state index contributed by atoms with van der Waals surface area (Å²) < 4.78 is 2.01. The van der Waals surface area contributed by atoms with Crippen LogP contribution in [0.5, 0.6) is 0 Å². The van der Waals surface area contributed by atoms with E-state index in [9.17, 15) is 0 Å². The molecule has 0 spiro atoms. The fraction of sp³-hybridized carbons (Fsp3) is 0.529. The predicted octanol–water partition coefficient (Wildman–Crippen LogP) is 5.21. The van der Waals surface area contributed by atoms with Crippen molar-refractivity contribution in [3.63, 3.8) is 0 Å². The van der Waals surface area contributed by atoms with Gasteiger partial charge < -0.3 is 0 Å². The van der Waals surface area contributed by atoms with Crippen LogP contribution in [0.25, 0.3) is 11.4 Å². The summed E-state index contributed by atoms with van der Waals surface area (Å²) in [6, 6.07) is 10.1. The Morgan fingerprint density at radius 2 is 1.71 bits per heavy atom. The minimum atomic E-state index is 0.482. The second-order valence-corrected chi connectivity index (χ2v) is 6.25. The lowest BCUT2D eigenvalue weighted by Crippen LogP contribution is -2.01. The standard InChI is InChI=1S/C17H24ClN3/c1-14(2)10-6-3-4-9-13-21-16(19-20-17(21)18)15-11-7-5-8-12-15/h5,7-8,11-12,14H,3-4,6,9-10,13H2,1-2H3. The second kappa shape index (κ2) is 8.18. The van der Waals surface area contributed by atoms with Gasteiger partial charge in [-0.1, -0.05) is 69.9 Å². The maximum Gasteiger partial charge on any atom is 0.225 e. The number of halogens is 1. The van der Waals surface area contributed by atoms with E-state index in [1.807, 2.05) is 34.9 Å². The van der Waals surface area contributed by atoms with Crippen LogP contribution in [-0.2, 0) is 6.54 Å². The first-order chi connectivity index (χ1) is 10.2. The first-order valence-electron chi connectivity index (χ1n) is 7.82. The van der Waals surface area contributed by atoms with Gasteiger partial charge in [-0.2, -0.15) is 0 Å². The number of hydrogen-bond acceptors (Lipinski definition) is 2. The van der Waals surface area contributed by atoms with Gasteiger partial charge in [-0.05, 0) is 23.9 Å². The van der Waals surface area contributed by atoms with E-state index in [2.05, 4.69) is 24.0 Å². The molecule has 0 fully saturated rings. The number of unbranched alkanes of at least 4 members (excludes halogenated alkanes) is 3. The number of nitrogens with zero attached hydrogens (tertiary/aromatic N) is 3. The highest BCUT2D eigenvalue weighted by atomic mass is 35.5. The molecule has 0 N–H and O–H groups in total. The van der Waals surface area contributed by atoms with E-state index in [1.54, 1.807) is 0 Å². The van der Waals surface area contributed by atoms with Gasteiger partial charge >= 0.3 is 0 Å². The molecular weight excluding hydrogens is 282 g/mol. The highest BCUT2D eigenvalue weighted by molar-refractivity contribution is 6.28. The third-order valence-corrected chi connectivity index (χ3v) is 3.93. The Kier molecular flexibility index (Phi) is 6.24. The van der Waals surface area contributed by atoms with Crippen LogP contribution in [-0.4, -0.2) is 14.8 Å². The van der Waals surface area contributed by atoms with E-state index in [0.717, 1.165) is 30.3 Å². The maximum absolute atomic E-state index is 6.17. The molecule has 0 aliphatic carbocycles. The average molecular weight is 306 g/mol. The summed E-state index contributed by atoms with van der Waals surface area (Å²) in [4.78, 5) is 0. The van der Waals surface area contributed by atoms with Crippen molar-refractivity contribution in [1.82, 2.24) is 14.8 Å². The Morgan fingerprint density at radius 1 is 1.00 bits per heavy atom. The van der Waals surface area contributed by atoms with Crippen LogP contribution in [0.15, 0.2) is 30.3 Å². The molecule has 0 radical (unpaired) electrons. The van der Waals surface area contributed by atoms with Crippen molar-refractivity contribution in [3.8, 4) is 11.4 Å². The molecule has 21 heavy (non-hydrogen) atoms. The van der Waals surface area contributed by atoms with Gasteiger partial charge in [0, 0.05) is 12.1 Å². The van der Waals surface area contributed by atoms with Crippen LogP contribution >= 0.6 is 11.6 Å². The third-order valence-electron chi connectivity index (χ3n) is 3.65. The molecule has 2 aromatic rings. The molecule has 4 heteroatoms. The van der Waals surface area contributed by atoms with Crippen molar-refractivity contribution in [2.75, 3.05) is 0 Å². The zero-order chi connectivity index (χ0) is 15.1. The minimum absolute atomic E-state index is 0.482. The molecule has 1 aromatic heterocycles. The largest absolute Gasteiger partial charge is 0.298 e. The number of benzene rings is 1. The average Bonchev–Trinajstić information content (AvgIpc) is 2.84. The van der Waals surface area contributed by atoms with E-state index in [4.69, 9.17) is 11.6 Å². The molecule has 1 aromatic carbocycles. The first kappa shape index (κ1) is 16.0. The Hall–Kier alpha value is -1.35. The Labute approximate surface area is 132 Å². The van der Waals surface area contributed by atoms with E-state index < -0.39 is 0 Å². The summed E-state index contributed by atoms with van der Waals surface area (Å²) in [6.07, 6.45) is 6.28. The third kappa shape index (κ3) is 4.85. The van der Waals surface area contributed by atoms with E-state index in [0.29, 0.717) is 5.28 Å². The molecule has 0 bridgehead atoms. The zero-order valence-electron chi connectivity index (χ0n) is 12.9. The summed E-state index contributed by atoms with van der Waals surface area (Å²) >= 11 is 6.17. The topological polar surface area (TPSA) is 30.7 Å². The highest BCUT2D eigenvalue weighted by Gasteiger charge is 2.11. The Bertz CT molecular complexity index is 534. The van der Waals surface area contributed by atoms with Crippen molar-refractivity contribution in [3.05, 3.63) is 35.6 Å². The smallest absolute Gasteiger partial charge is 0.225 e. The summed E-state index contributed by atoms with van der Waals surface area (Å²) in [5.41, 5.74) is 1.07. The number of hydrogen-bond donors (Lipinski definition) is 0. The molecular formula is C17H24ClN3. The molecule has 0 aliphatic rings. The van der Waals surface area contributed by atoms with Crippen LogP contribution in [0.4, 0.5) is 0 Å². The van der Waals surface area contributed by atoms with Crippen molar-refractivity contribution >= 4 is 11.6 Å². The van der Waals surface area contributed by atoms with Crippen molar-refractivity contribution in [1.29, 1.82) is 0 Å². The zero-order valence-corrected chi connectivity index (χ0v) is 13.7. The van der Waals surface area contributed by atoms with E-state index >= 15 is 0 Å². The molecule has 0 atom stereocenters. The Morgan fingerprint density at radius 3 is 2.43 bits per heavy atom. The van der Waals surface area contributed by atoms with Crippen LogP contribution in [0.2, 0.25) is 5.28 Å². The molecule has 0 amide bonds. The quantitative estimate of drug-likeness (QED) is 0.627. The fourth-order valence-electron chi connectivity index (χ4n) is 2.46. The lowest BCUT2D eigenvalue weighted by Gasteiger charge is -2.08. The van der Waals surface area contributed by atoms with Gasteiger partial charge in [0.05, 0.1) is 0 Å². The van der Waals surface area contributed by atoms with Gasteiger partial charge in [0.2, 0.25) is 5.28 Å². The lowest BCUT2D eigenvalue weighted by atomic mass is 10.0. The highest BCUT2D eigenvalue weighted by Crippen LogP contribution is 2.21. The van der Waals surface area contributed by atoms with Gasteiger partial charge in [0.25, 0.3) is 0 Å². The molecule has 0 saturated heterocycles. The summed E-state index contributed by atoms with van der Waals surface area (Å²) in [5, 5.41) is 8.70. The monoisotopic (exact) mass is 305 g/mol. The van der Waals surface area contributed by atoms with E-state index in [-0.39, 0.29) is 0 Å². The molecule has 3 nitrogen and oxygen atoms in total. The van der Waals surface area contributed by atoms with Crippen LogP contribution in [0, 0.1) is 5.92 Å².